The summed E-state index contributed by atoms with van der Waals surface area (Å²) >= 11 is 0. The third-order valence-corrected chi connectivity index (χ3v) is 6.66. The minimum absolute atomic E-state index is 0.00685. The summed E-state index contributed by atoms with van der Waals surface area (Å²) in [6.07, 6.45) is 7.40. The predicted octanol–water partition coefficient (Wildman–Crippen LogP) is 3.71. The van der Waals surface area contributed by atoms with Gasteiger partial charge in [0.05, 0.1) is 22.7 Å². The molecule has 7 heteroatoms. The molecule has 0 aliphatic carbocycles. The van der Waals surface area contributed by atoms with E-state index in [4.69, 9.17) is 4.74 Å². The van der Waals surface area contributed by atoms with Crippen molar-refractivity contribution in [1.29, 1.82) is 0 Å². The summed E-state index contributed by atoms with van der Waals surface area (Å²) in [4.78, 5) is 23.7. The Bertz CT molecular complexity index is 1110. The van der Waals surface area contributed by atoms with Crippen molar-refractivity contribution in [2.45, 2.75) is 43.9 Å². The molecule has 32 heavy (non-hydrogen) atoms. The Morgan fingerprint density at radius 2 is 1.94 bits per heavy atom. The van der Waals surface area contributed by atoms with Gasteiger partial charge in [-0.2, -0.15) is 0 Å². The van der Waals surface area contributed by atoms with E-state index < -0.39 is 5.82 Å². The lowest BCUT2D eigenvalue weighted by atomic mass is 9.88. The molecule has 0 radical (unpaired) electrons. The first-order valence-electron chi connectivity index (χ1n) is 11.2. The molecule has 1 N–H and O–H groups in total. The third kappa shape index (κ3) is 4.49. The second-order valence-corrected chi connectivity index (χ2v) is 8.80. The zero-order valence-corrected chi connectivity index (χ0v) is 18.0. The summed E-state index contributed by atoms with van der Waals surface area (Å²) < 4.78 is 19.8. The van der Waals surface area contributed by atoms with Crippen LogP contribution >= 0.6 is 0 Å². The summed E-state index contributed by atoms with van der Waals surface area (Å²) in [5.74, 6) is -0.668. The van der Waals surface area contributed by atoms with Crippen molar-refractivity contribution >= 4 is 16.9 Å². The number of ether oxygens (including phenoxy) is 1. The van der Waals surface area contributed by atoms with E-state index in [9.17, 15) is 9.18 Å². The normalized spacial score (nSPS) is 20.6. The van der Waals surface area contributed by atoms with Crippen molar-refractivity contribution in [3.05, 3.63) is 71.8 Å². The van der Waals surface area contributed by atoms with Crippen LogP contribution in [0.15, 0.2) is 54.9 Å². The second kappa shape index (κ2) is 8.92. The summed E-state index contributed by atoms with van der Waals surface area (Å²) in [6, 6.07) is 11.9. The van der Waals surface area contributed by atoms with Gasteiger partial charge in [-0.1, -0.05) is 18.2 Å². The molecular formula is C25H27FN4O2. The number of aromatic nitrogens is 2. The molecule has 3 heterocycles. The Morgan fingerprint density at radius 3 is 2.78 bits per heavy atom. The molecule has 1 atom stereocenters. The molecule has 1 aromatic heterocycles. The number of amides is 1. The van der Waals surface area contributed by atoms with Crippen LogP contribution in [-0.4, -0.2) is 52.1 Å². The number of hydrogen-bond acceptors (Lipinski definition) is 5. The van der Waals surface area contributed by atoms with Gasteiger partial charge in [-0.3, -0.25) is 19.7 Å². The van der Waals surface area contributed by atoms with Crippen LogP contribution in [0.4, 0.5) is 4.39 Å². The van der Waals surface area contributed by atoms with Crippen LogP contribution in [0.3, 0.4) is 0 Å². The van der Waals surface area contributed by atoms with Crippen LogP contribution < -0.4 is 5.32 Å². The van der Waals surface area contributed by atoms with E-state index in [1.165, 1.54) is 17.7 Å². The molecule has 6 nitrogen and oxygen atoms in total. The number of carbonyl (C=O) groups excluding carboxylic acids is 1. The number of para-hydroxylation sites is 1. The second-order valence-electron chi connectivity index (χ2n) is 8.80. The van der Waals surface area contributed by atoms with E-state index in [1.807, 2.05) is 12.1 Å². The highest BCUT2D eigenvalue weighted by atomic mass is 19.1. The number of halogens is 1. The number of nitrogens with zero attached hydrogens (tertiary/aromatic N) is 3. The van der Waals surface area contributed by atoms with E-state index in [1.54, 1.807) is 24.5 Å². The molecule has 2 aromatic carbocycles. The van der Waals surface area contributed by atoms with Crippen molar-refractivity contribution in [1.82, 2.24) is 20.2 Å². The molecule has 0 saturated carbocycles. The number of benzene rings is 2. The van der Waals surface area contributed by atoms with Gasteiger partial charge in [0, 0.05) is 44.1 Å². The van der Waals surface area contributed by atoms with Gasteiger partial charge in [0.15, 0.2) is 0 Å². The van der Waals surface area contributed by atoms with Gasteiger partial charge in [0.25, 0.3) is 5.91 Å². The highest BCUT2D eigenvalue weighted by molar-refractivity contribution is 5.94. The number of nitrogens with one attached hydrogen (secondary N) is 1. The van der Waals surface area contributed by atoms with E-state index in [0.717, 1.165) is 56.4 Å². The van der Waals surface area contributed by atoms with Crippen LogP contribution in [-0.2, 0) is 11.3 Å². The lowest BCUT2D eigenvalue weighted by Gasteiger charge is -2.39. The Balaban J connectivity index is 1.13. The topological polar surface area (TPSA) is 67.4 Å². The number of hydrogen-bond donors (Lipinski definition) is 1. The average Bonchev–Trinajstić information content (AvgIpc) is 3.22. The third-order valence-electron chi connectivity index (χ3n) is 6.66. The maximum Gasteiger partial charge on any atom is 0.251 e. The molecule has 2 fully saturated rings. The van der Waals surface area contributed by atoms with Gasteiger partial charge in [-0.15, -0.1) is 0 Å². The zero-order chi connectivity index (χ0) is 22.0. The van der Waals surface area contributed by atoms with Crippen LogP contribution in [0, 0.1) is 5.82 Å². The highest BCUT2D eigenvalue weighted by Gasteiger charge is 2.42. The Hall–Kier alpha value is -2.90. The van der Waals surface area contributed by atoms with Gasteiger partial charge in [0.1, 0.15) is 5.82 Å². The Morgan fingerprint density at radius 1 is 1.12 bits per heavy atom. The number of likely N-dealkylation sites (tertiary alicyclic amines) is 1. The summed E-state index contributed by atoms with van der Waals surface area (Å²) in [5.41, 5.74) is 3.35. The van der Waals surface area contributed by atoms with Crippen LogP contribution in [0.2, 0.25) is 0 Å². The van der Waals surface area contributed by atoms with Crippen LogP contribution in [0.5, 0.6) is 0 Å². The highest BCUT2D eigenvalue weighted by Crippen LogP contribution is 2.39. The predicted molar refractivity (Wildman–Crippen MR) is 120 cm³/mol. The molecule has 2 aliphatic rings. The van der Waals surface area contributed by atoms with Crippen LogP contribution in [0.25, 0.3) is 11.0 Å². The fourth-order valence-corrected chi connectivity index (χ4v) is 4.88. The number of rotatable bonds is 5. The van der Waals surface area contributed by atoms with E-state index in [-0.39, 0.29) is 17.6 Å². The SMILES string of the molecule is O=C(NC[C@@H]1CCC2(CCN(Cc3cccc4nccnc34)CC2)O1)c1cccc(F)c1. The van der Waals surface area contributed by atoms with E-state index in [2.05, 4.69) is 26.3 Å². The minimum Gasteiger partial charge on any atom is -0.370 e. The first-order chi connectivity index (χ1) is 15.6. The average molecular weight is 435 g/mol. The molecule has 2 saturated heterocycles. The van der Waals surface area contributed by atoms with Gasteiger partial charge < -0.3 is 10.1 Å². The summed E-state index contributed by atoms with van der Waals surface area (Å²) in [6.45, 7) is 3.26. The molecule has 3 aromatic rings. The molecule has 166 valence electrons. The maximum atomic E-state index is 13.3. The standard InChI is InChI=1S/C25H27FN4O2/c26-20-5-1-3-18(15-20)24(31)29-16-21-7-8-25(32-21)9-13-30(14-10-25)17-19-4-2-6-22-23(19)28-12-11-27-22/h1-6,11-12,15,21H,7-10,13-14,16-17H2,(H,29,31)/t21-/m0/s1. The fraction of sp³-hybridized carbons (Fsp3) is 0.400. The van der Waals surface area contributed by atoms with E-state index in [0.29, 0.717) is 12.1 Å². The molecule has 1 spiro atoms. The molecular weight excluding hydrogens is 407 g/mol. The monoisotopic (exact) mass is 434 g/mol. The lowest BCUT2D eigenvalue weighted by Crippen LogP contribution is -2.44. The quantitative estimate of drug-likeness (QED) is 0.663. The molecule has 2 aliphatic heterocycles. The Kier molecular flexibility index (Phi) is 5.85. The van der Waals surface area contributed by atoms with Crippen molar-refractivity contribution in [2.75, 3.05) is 19.6 Å². The molecule has 1 amide bonds. The van der Waals surface area contributed by atoms with Gasteiger partial charge >= 0.3 is 0 Å². The van der Waals surface area contributed by atoms with E-state index >= 15 is 0 Å². The lowest BCUT2D eigenvalue weighted by molar-refractivity contribution is -0.0764. The first kappa shape index (κ1) is 21.0. The Labute approximate surface area is 186 Å². The van der Waals surface area contributed by atoms with Gasteiger partial charge in [-0.25, -0.2) is 4.39 Å². The smallest absolute Gasteiger partial charge is 0.251 e. The van der Waals surface area contributed by atoms with Crippen LogP contribution in [0.1, 0.15) is 41.6 Å². The van der Waals surface area contributed by atoms with Crippen molar-refractivity contribution in [3.63, 3.8) is 0 Å². The number of carbonyl (C=O) groups is 1. The summed E-state index contributed by atoms with van der Waals surface area (Å²) in [5, 5.41) is 2.89. The van der Waals surface area contributed by atoms with Gasteiger partial charge in [-0.05, 0) is 55.5 Å². The number of piperidine rings is 1. The maximum absolute atomic E-state index is 13.3. The number of fused-ring (bicyclic) bond motifs is 1. The molecule has 0 unspecified atom stereocenters. The molecule has 0 bridgehead atoms. The van der Waals surface area contributed by atoms with Crippen molar-refractivity contribution in [2.24, 2.45) is 0 Å². The fourth-order valence-electron chi connectivity index (χ4n) is 4.88. The van der Waals surface area contributed by atoms with Crippen molar-refractivity contribution in [3.8, 4) is 0 Å². The minimum atomic E-state index is -0.406. The van der Waals surface area contributed by atoms with Gasteiger partial charge in [0.2, 0.25) is 0 Å². The largest absolute Gasteiger partial charge is 0.370 e. The summed E-state index contributed by atoms with van der Waals surface area (Å²) in [7, 11) is 0. The first-order valence-corrected chi connectivity index (χ1v) is 11.2. The zero-order valence-electron chi connectivity index (χ0n) is 18.0. The molecule has 5 rings (SSSR count). The van der Waals surface area contributed by atoms with Crippen molar-refractivity contribution < 1.29 is 13.9 Å².